The maximum Gasteiger partial charge on any atom is 0.191 e. The molecule has 1 aliphatic rings. The Hall–Kier alpha value is -2.83. The van der Waals surface area contributed by atoms with E-state index in [0.29, 0.717) is 24.5 Å². The van der Waals surface area contributed by atoms with E-state index in [4.69, 9.17) is 4.74 Å². The Morgan fingerprint density at radius 1 is 1.25 bits per heavy atom. The van der Waals surface area contributed by atoms with Crippen LogP contribution in [0.2, 0.25) is 0 Å². The number of halogens is 2. The van der Waals surface area contributed by atoms with Crippen molar-refractivity contribution in [2.45, 2.75) is 18.9 Å². The minimum absolute atomic E-state index is 0.249. The first kappa shape index (κ1) is 19.9. The fourth-order valence-electron chi connectivity index (χ4n) is 3.42. The summed E-state index contributed by atoms with van der Waals surface area (Å²) >= 11 is 0. The Morgan fingerprint density at radius 2 is 2.07 bits per heavy atom. The van der Waals surface area contributed by atoms with Crippen LogP contribution in [0.3, 0.4) is 0 Å². The fraction of sp³-hybridized carbons (Fsp3) is 0.381. The van der Waals surface area contributed by atoms with Crippen LogP contribution in [0.15, 0.2) is 47.5 Å². The molecule has 7 heteroatoms. The average Bonchev–Trinajstić information content (AvgIpc) is 3.17. The lowest BCUT2D eigenvalue weighted by molar-refractivity contribution is 0.415. The van der Waals surface area contributed by atoms with E-state index in [0.717, 1.165) is 37.0 Å². The van der Waals surface area contributed by atoms with Crippen molar-refractivity contribution in [3.05, 3.63) is 59.7 Å². The minimum Gasteiger partial charge on any atom is -0.495 e. The lowest BCUT2D eigenvalue weighted by Crippen LogP contribution is -2.45. The SMILES string of the molecule is CN=C(NCCc1ccc(F)cc1F)NC1CCN(c2ccccc2OC)C1. The van der Waals surface area contributed by atoms with Crippen LogP contribution in [0.5, 0.6) is 5.75 Å². The molecule has 2 N–H and O–H groups in total. The second-order valence-corrected chi connectivity index (χ2v) is 6.73. The molecule has 0 bridgehead atoms. The lowest BCUT2D eigenvalue weighted by Gasteiger charge is -2.22. The molecule has 0 saturated carbocycles. The molecule has 3 rings (SSSR count). The second-order valence-electron chi connectivity index (χ2n) is 6.73. The monoisotopic (exact) mass is 388 g/mol. The van der Waals surface area contributed by atoms with Crippen LogP contribution < -0.4 is 20.3 Å². The summed E-state index contributed by atoms with van der Waals surface area (Å²) in [6.45, 7) is 2.27. The maximum absolute atomic E-state index is 13.7. The highest BCUT2D eigenvalue weighted by Gasteiger charge is 2.25. The van der Waals surface area contributed by atoms with Gasteiger partial charge in [0.2, 0.25) is 0 Å². The van der Waals surface area contributed by atoms with Crippen molar-refractivity contribution < 1.29 is 13.5 Å². The third kappa shape index (κ3) is 4.91. The van der Waals surface area contributed by atoms with E-state index in [1.165, 1.54) is 12.1 Å². The lowest BCUT2D eigenvalue weighted by atomic mass is 10.1. The van der Waals surface area contributed by atoms with Gasteiger partial charge in [-0.1, -0.05) is 18.2 Å². The van der Waals surface area contributed by atoms with Crippen LogP contribution >= 0.6 is 0 Å². The zero-order chi connectivity index (χ0) is 19.9. The topological polar surface area (TPSA) is 48.9 Å². The average molecular weight is 388 g/mol. The first-order chi connectivity index (χ1) is 13.6. The standard InChI is InChI=1S/C21H26F2N4O/c1-24-21(25-11-9-15-7-8-16(22)13-18(15)23)26-17-10-12-27(14-17)19-5-3-4-6-20(19)28-2/h3-8,13,17H,9-12,14H2,1-2H3,(H2,24,25,26). The smallest absolute Gasteiger partial charge is 0.191 e. The van der Waals surface area contributed by atoms with Crippen molar-refractivity contribution in [1.82, 2.24) is 10.6 Å². The van der Waals surface area contributed by atoms with E-state index in [9.17, 15) is 8.78 Å². The predicted octanol–water partition coefficient (Wildman–Crippen LogP) is 2.96. The molecular weight excluding hydrogens is 362 g/mol. The highest BCUT2D eigenvalue weighted by atomic mass is 19.1. The summed E-state index contributed by atoms with van der Waals surface area (Å²) in [7, 11) is 3.39. The summed E-state index contributed by atoms with van der Waals surface area (Å²) in [4.78, 5) is 6.54. The normalized spacial score (nSPS) is 16.9. The zero-order valence-corrected chi connectivity index (χ0v) is 16.2. The number of nitrogens with one attached hydrogen (secondary N) is 2. The summed E-state index contributed by atoms with van der Waals surface area (Å²) in [6.07, 6.45) is 1.43. The molecule has 0 spiro atoms. The van der Waals surface area contributed by atoms with Gasteiger partial charge in [0.15, 0.2) is 5.96 Å². The molecule has 1 fully saturated rings. The Labute approximate surface area is 164 Å². The second kappa shape index (κ2) is 9.39. The number of rotatable bonds is 6. The molecule has 0 amide bonds. The van der Waals surface area contributed by atoms with Crippen LogP contribution in [-0.4, -0.2) is 45.8 Å². The zero-order valence-electron chi connectivity index (χ0n) is 16.2. The molecule has 1 aliphatic heterocycles. The maximum atomic E-state index is 13.7. The number of guanidine groups is 1. The number of benzene rings is 2. The van der Waals surface area contributed by atoms with Crippen molar-refractivity contribution >= 4 is 11.6 Å². The van der Waals surface area contributed by atoms with Gasteiger partial charge in [0, 0.05) is 38.8 Å². The molecule has 2 aromatic carbocycles. The van der Waals surface area contributed by atoms with Gasteiger partial charge in [-0.25, -0.2) is 8.78 Å². The van der Waals surface area contributed by atoms with Gasteiger partial charge in [0.25, 0.3) is 0 Å². The van der Waals surface area contributed by atoms with Crippen LogP contribution in [0.1, 0.15) is 12.0 Å². The van der Waals surface area contributed by atoms with Gasteiger partial charge in [-0.2, -0.15) is 0 Å². The molecule has 2 aromatic rings. The van der Waals surface area contributed by atoms with Gasteiger partial charge in [0.1, 0.15) is 17.4 Å². The highest BCUT2D eigenvalue weighted by molar-refractivity contribution is 5.80. The number of ether oxygens (including phenoxy) is 1. The van der Waals surface area contributed by atoms with Crippen molar-refractivity contribution in [1.29, 1.82) is 0 Å². The van der Waals surface area contributed by atoms with Crippen molar-refractivity contribution in [2.24, 2.45) is 4.99 Å². The van der Waals surface area contributed by atoms with Gasteiger partial charge in [-0.3, -0.25) is 4.99 Å². The van der Waals surface area contributed by atoms with Gasteiger partial charge in [-0.05, 0) is 36.6 Å². The molecule has 0 radical (unpaired) electrons. The molecule has 1 atom stereocenters. The number of hydrogen-bond acceptors (Lipinski definition) is 3. The van der Waals surface area contributed by atoms with Gasteiger partial charge in [-0.15, -0.1) is 0 Å². The van der Waals surface area contributed by atoms with Crippen molar-refractivity contribution in [3.63, 3.8) is 0 Å². The number of para-hydroxylation sites is 2. The van der Waals surface area contributed by atoms with E-state index in [2.05, 4.69) is 26.6 Å². The molecule has 150 valence electrons. The van der Waals surface area contributed by atoms with E-state index >= 15 is 0 Å². The Bertz CT molecular complexity index is 828. The molecule has 0 aliphatic carbocycles. The highest BCUT2D eigenvalue weighted by Crippen LogP contribution is 2.30. The van der Waals surface area contributed by atoms with E-state index in [1.807, 2.05) is 18.2 Å². The molecule has 1 saturated heterocycles. The minimum atomic E-state index is -0.562. The van der Waals surface area contributed by atoms with Crippen LogP contribution in [-0.2, 0) is 6.42 Å². The molecular formula is C21H26F2N4O. The molecule has 5 nitrogen and oxygen atoms in total. The van der Waals surface area contributed by atoms with Crippen LogP contribution in [0.4, 0.5) is 14.5 Å². The molecule has 28 heavy (non-hydrogen) atoms. The predicted molar refractivity (Wildman–Crippen MR) is 108 cm³/mol. The third-order valence-corrected chi connectivity index (χ3v) is 4.88. The third-order valence-electron chi connectivity index (χ3n) is 4.88. The van der Waals surface area contributed by atoms with Gasteiger partial charge >= 0.3 is 0 Å². The Kier molecular flexibility index (Phi) is 6.68. The number of methoxy groups -OCH3 is 1. The summed E-state index contributed by atoms with van der Waals surface area (Å²) in [5.74, 6) is 0.460. The van der Waals surface area contributed by atoms with Crippen LogP contribution in [0, 0.1) is 11.6 Å². The summed E-state index contributed by atoms with van der Waals surface area (Å²) in [6, 6.07) is 11.9. The fourth-order valence-corrected chi connectivity index (χ4v) is 3.42. The van der Waals surface area contributed by atoms with Gasteiger partial charge < -0.3 is 20.3 Å². The number of hydrogen-bond donors (Lipinski definition) is 2. The Balaban J connectivity index is 1.50. The van der Waals surface area contributed by atoms with Crippen LogP contribution in [0.25, 0.3) is 0 Å². The molecule has 1 unspecified atom stereocenters. The summed E-state index contributed by atoms with van der Waals surface area (Å²) < 4.78 is 32.2. The first-order valence-electron chi connectivity index (χ1n) is 9.39. The van der Waals surface area contributed by atoms with E-state index in [-0.39, 0.29) is 6.04 Å². The number of anilines is 1. The quantitative estimate of drug-likeness (QED) is 0.590. The summed E-state index contributed by atoms with van der Waals surface area (Å²) in [5.41, 5.74) is 1.57. The molecule has 1 heterocycles. The van der Waals surface area contributed by atoms with E-state index < -0.39 is 11.6 Å². The summed E-state index contributed by atoms with van der Waals surface area (Å²) in [5, 5.41) is 6.61. The largest absolute Gasteiger partial charge is 0.495 e. The van der Waals surface area contributed by atoms with Crippen molar-refractivity contribution in [2.75, 3.05) is 38.7 Å². The number of nitrogens with zero attached hydrogens (tertiary/aromatic N) is 2. The molecule has 0 aromatic heterocycles. The number of aliphatic imine (C=N–C) groups is 1. The Morgan fingerprint density at radius 3 is 2.82 bits per heavy atom. The first-order valence-corrected chi connectivity index (χ1v) is 9.39. The van der Waals surface area contributed by atoms with E-state index in [1.54, 1.807) is 14.2 Å². The van der Waals surface area contributed by atoms with Gasteiger partial charge in [0.05, 0.1) is 12.8 Å². The van der Waals surface area contributed by atoms with Crippen molar-refractivity contribution in [3.8, 4) is 5.75 Å².